The predicted octanol–water partition coefficient (Wildman–Crippen LogP) is 2.31. The molecule has 6 heteroatoms. The SMILES string of the molecule is O=c1nc2sc(=CC=Cc3ccccc3)c(=O)n2nc1Cc1ccccc1. The number of benzene rings is 2. The molecule has 2 heterocycles. The van der Waals surface area contributed by atoms with E-state index in [0.29, 0.717) is 15.9 Å². The van der Waals surface area contributed by atoms with Crippen molar-refractivity contribution in [3.63, 3.8) is 0 Å². The van der Waals surface area contributed by atoms with Gasteiger partial charge in [-0.1, -0.05) is 84.2 Å². The molecule has 27 heavy (non-hydrogen) atoms. The third-order valence-corrected chi connectivity index (χ3v) is 4.98. The van der Waals surface area contributed by atoms with Crippen molar-refractivity contribution < 1.29 is 0 Å². The molecule has 0 N–H and O–H groups in total. The van der Waals surface area contributed by atoms with Crippen molar-refractivity contribution in [1.29, 1.82) is 0 Å². The van der Waals surface area contributed by atoms with Crippen molar-refractivity contribution >= 4 is 28.4 Å². The van der Waals surface area contributed by atoms with E-state index in [1.165, 1.54) is 4.52 Å². The Labute approximate surface area is 158 Å². The molecule has 0 bridgehead atoms. The van der Waals surface area contributed by atoms with Crippen LogP contribution in [0.2, 0.25) is 0 Å². The third kappa shape index (κ3) is 3.75. The normalized spacial score (nSPS) is 12.2. The first-order valence-electron chi connectivity index (χ1n) is 8.41. The zero-order valence-corrected chi connectivity index (χ0v) is 15.1. The van der Waals surface area contributed by atoms with Crippen molar-refractivity contribution in [2.45, 2.75) is 6.42 Å². The van der Waals surface area contributed by atoms with Gasteiger partial charge in [0.2, 0.25) is 4.96 Å². The highest BCUT2D eigenvalue weighted by molar-refractivity contribution is 7.15. The first-order valence-corrected chi connectivity index (χ1v) is 9.22. The van der Waals surface area contributed by atoms with Gasteiger partial charge in [-0.3, -0.25) is 9.59 Å². The summed E-state index contributed by atoms with van der Waals surface area (Å²) in [5, 5.41) is 4.25. The molecule has 132 valence electrons. The zero-order chi connectivity index (χ0) is 18.6. The van der Waals surface area contributed by atoms with E-state index < -0.39 is 5.56 Å². The minimum atomic E-state index is -0.397. The number of hydrogen-bond acceptors (Lipinski definition) is 5. The first-order chi connectivity index (χ1) is 13.2. The maximum Gasteiger partial charge on any atom is 0.296 e. The minimum Gasteiger partial charge on any atom is -0.266 e. The van der Waals surface area contributed by atoms with Crippen LogP contribution in [0.4, 0.5) is 0 Å². The monoisotopic (exact) mass is 373 g/mol. The van der Waals surface area contributed by atoms with Gasteiger partial charge in [-0.15, -0.1) is 0 Å². The quantitative estimate of drug-likeness (QED) is 0.551. The lowest BCUT2D eigenvalue weighted by Crippen LogP contribution is -2.27. The van der Waals surface area contributed by atoms with Gasteiger partial charge >= 0.3 is 0 Å². The Bertz CT molecular complexity index is 1280. The van der Waals surface area contributed by atoms with Gasteiger partial charge in [-0.25, -0.2) is 0 Å². The number of nitrogens with zero attached hydrogens (tertiary/aromatic N) is 3. The predicted molar refractivity (Wildman–Crippen MR) is 108 cm³/mol. The molecule has 0 aliphatic heterocycles. The fraction of sp³-hybridized carbons (Fsp3) is 0.0476. The van der Waals surface area contributed by atoms with Crippen LogP contribution < -0.4 is 15.7 Å². The molecule has 0 unspecified atom stereocenters. The Morgan fingerprint density at radius 1 is 0.963 bits per heavy atom. The molecule has 0 atom stereocenters. The lowest BCUT2D eigenvalue weighted by molar-refractivity contribution is 0.811. The fourth-order valence-corrected chi connectivity index (χ4v) is 3.52. The Morgan fingerprint density at radius 2 is 1.67 bits per heavy atom. The van der Waals surface area contributed by atoms with Crippen LogP contribution in [0.1, 0.15) is 16.8 Å². The Hall–Kier alpha value is -3.38. The molecule has 0 saturated carbocycles. The van der Waals surface area contributed by atoms with Crippen LogP contribution >= 0.6 is 11.3 Å². The number of hydrogen-bond donors (Lipinski definition) is 0. The Morgan fingerprint density at radius 3 is 2.41 bits per heavy atom. The van der Waals surface area contributed by atoms with E-state index in [0.717, 1.165) is 22.5 Å². The molecule has 0 amide bonds. The fourth-order valence-electron chi connectivity index (χ4n) is 2.67. The second-order valence-corrected chi connectivity index (χ2v) is 6.94. The summed E-state index contributed by atoms with van der Waals surface area (Å²) in [6, 6.07) is 19.3. The summed E-state index contributed by atoms with van der Waals surface area (Å²) in [5.41, 5.74) is 1.59. The number of allylic oxidation sites excluding steroid dienone is 1. The van der Waals surface area contributed by atoms with Gasteiger partial charge in [0.25, 0.3) is 11.1 Å². The van der Waals surface area contributed by atoms with Crippen molar-refractivity contribution in [2.75, 3.05) is 0 Å². The highest BCUT2D eigenvalue weighted by atomic mass is 32.1. The van der Waals surface area contributed by atoms with Crippen LogP contribution in [-0.4, -0.2) is 14.6 Å². The molecule has 0 radical (unpaired) electrons. The molecule has 0 aliphatic rings. The zero-order valence-electron chi connectivity index (χ0n) is 14.3. The standard InChI is InChI=1S/C21H15N3O2S/c25-19-17(14-16-10-5-2-6-11-16)23-24-20(26)18(27-21(24)22-19)13-7-12-15-8-3-1-4-9-15/h1-13H,14H2. The lowest BCUT2D eigenvalue weighted by Gasteiger charge is -1.99. The average molecular weight is 373 g/mol. The van der Waals surface area contributed by atoms with Crippen molar-refractivity contribution in [1.82, 2.24) is 14.6 Å². The molecular formula is C21H15N3O2S. The van der Waals surface area contributed by atoms with Gasteiger partial charge in [-0.2, -0.15) is 14.6 Å². The summed E-state index contributed by atoms with van der Waals surface area (Å²) < 4.78 is 1.70. The van der Waals surface area contributed by atoms with Gasteiger partial charge < -0.3 is 0 Å². The van der Waals surface area contributed by atoms with Crippen LogP contribution in [-0.2, 0) is 6.42 Å². The van der Waals surface area contributed by atoms with Crippen LogP contribution in [0.3, 0.4) is 0 Å². The van der Waals surface area contributed by atoms with Crippen molar-refractivity contribution in [3.8, 4) is 0 Å². The first kappa shape index (κ1) is 17.1. The molecule has 2 aromatic carbocycles. The molecule has 0 saturated heterocycles. The van der Waals surface area contributed by atoms with Gasteiger partial charge in [-0.05, 0) is 17.2 Å². The highest BCUT2D eigenvalue weighted by Gasteiger charge is 2.11. The Kier molecular flexibility index (Phi) is 4.72. The molecule has 0 spiro atoms. The highest BCUT2D eigenvalue weighted by Crippen LogP contribution is 2.05. The minimum absolute atomic E-state index is 0.264. The van der Waals surface area contributed by atoms with Crippen LogP contribution in [0.15, 0.2) is 76.3 Å². The van der Waals surface area contributed by atoms with Crippen LogP contribution in [0.5, 0.6) is 0 Å². The molecule has 0 fully saturated rings. The molecule has 2 aromatic heterocycles. The average Bonchev–Trinajstić information content (AvgIpc) is 2.99. The largest absolute Gasteiger partial charge is 0.296 e. The van der Waals surface area contributed by atoms with E-state index in [1.54, 1.807) is 6.08 Å². The molecule has 4 aromatic rings. The summed E-state index contributed by atoms with van der Waals surface area (Å²) in [5.74, 6) is 0. The summed E-state index contributed by atoms with van der Waals surface area (Å²) in [6.07, 6.45) is 5.79. The topological polar surface area (TPSA) is 64.3 Å². The van der Waals surface area contributed by atoms with Crippen LogP contribution in [0, 0.1) is 0 Å². The van der Waals surface area contributed by atoms with E-state index in [-0.39, 0.29) is 11.3 Å². The van der Waals surface area contributed by atoms with E-state index in [1.807, 2.05) is 72.8 Å². The summed E-state index contributed by atoms with van der Waals surface area (Å²) >= 11 is 1.16. The van der Waals surface area contributed by atoms with E-state index in [4.69, 9.17) is 0 Å². The van der Waals surface area contributed by atoms with E-state index in [2.05, 4.69) is 10.1 Å². The molecule has 5 nitrogen and oxygen atoms in total. The van der Waals surface area contributed by atoms with Gasteiger partial charge in [0.15, 0.2) is 0 Å². The second kappa shape index (κ2) is 7.47. The number of rotatable bonds is 4. The van der Waals surface area contributed by atoms with Crippen molar-refractivity contribution in [3.05, 3.63) is 109 Å². The van der Waals surface area contributed by atoms with Gasteiger partial charge in [0.05, 0.1) is 4.53 Å². The number of aromatic nitrogens is 3. The Balaban J connectivity index is 1.71. The molecule has 0 aliphatic carbocycles. The van der Waals surface area contributed by atoms with E-state index >= 15 is 0 Å². The lowest BCUT2D eigenvalue weighted by atomic mass is 10.1. The maximum atomic E-state index is 12.6. The smallest absolute Gasteiger partial charge is 0.266 e. The van der Waals surface area contributed by atoms with Crippen LogP contribution in [0.25, 0.3) is 17.1 Å². The summed E-state index contributed by atoms with van der Waals surface area (Å²) in [4.78, 5) is 29.2. The molecular weight excluding hydrogens is 358 g/mol. The van der Waals surface area contributed by atoms with Gasteiger partial charge in [0, 0.05) is 6.42 Å². The number of fused-ring (bicyclic) bond motifs is 1. The summed E-state index contributed by atoms with van der Waals surface area (Å²) in [7, 11) is 0. The molecule has 4 rings (SSSR count). The summed E-state index contributed by atoms with van der Waals surface area (Å²) in [6.45, 7) is 0. The van der Waals surface area contributed by atoms with Gasteiger partial charge in [0.1, 0.15) is 5.69 Å². The van der Waals surface area contributed by atoms with E-state index in [9.17, 15) is 9.59 Å². The second-order valence-electron chi connectivity index (χ2n) is 5.93. The maximum absolute atomic E-state index is 12.6. The third-order valence-electron chi connectivity index (χ3n) is 4.00. The van der Waals surface area contributed by atoms with Crippen molar-refractivity contribution in [2.24, 2.45) is 0 Å². The number of thiazole rings is 1.